The first-order valence-corrected chi connectivity index (χ1v) is 20.6. The molecule has 0 atom stereocenters. The molecule has 21 heteroatoms. The van der Waals surface area contributed by atoms with Gasteiger partial charge in [-0.3, -0.25) is 19.2 Å². The Bertz CT molecular complexity index is 3940. The van der Waals surface area contributed by atoms with Crippen LogP contribution in [0.2, 0.25) is 0 Å². The summed E-state index contributed by atoms with van der Waals surface area (Å²) in [7, 11) is 0. The van der Waals surface area contributed by atoms with Crippen molar-refractivity contribution >= 4 is 111 Å². The summed E-state index contributed by atoms with van der Waals surface area (Å²) in [5.74, 6) is 1.15. The van der Waals surface area contributed by atoms with Crippen molar-refractivity contribution in [1.82, 2.24) is 39.9 Å². The topological polar surface area (TPSA) is 382 Å². The molecule has 6 aromatic carbocycles. The normalized spacial score (nSPS) is 11.8. The van der Waals surface area contributed by atoms with E-state index in [9.17, 15) is 19.2 Å². The van der Waals surface area contributed by atoms with Crippen molar-refractivity contribution < 1.29 is 17.1 Å². The minimum atomic E-state index is -0.631. The molecule has 0 saturated heterocycles. The monoisotopic (exact) mass is 957 g/mol. The second kappa shape index (κ2) is 14.6. The fourth-order valence-electron chi connectivity index (χ4n) is 8.87. The first kappa shape index (κ1) is 41.9. The van der Waals surface area contributed by atoms with Crippen molar-refractivity contribution in [3.63, 3.8) is 0 Å². The number of rotatable bonds is 0. The van der Waals surface area contributed by atoms with Gasteiger partial charge in [0.25, 0.3) is 0 Å². The van der Waals surface area contributed by atoms with Crippen molar-refractivity contribution in [2.24, 2.45) is 0 Å². The van der Waals surface area contributed by atoms with E-state index in [1.165, 1.54) is 36.4 Å². The van der Waals surface area contributed by atoms with Gasteiger partial charge in [-0.1, -0.05) is 36.4 Å². The van der Waals surface area contributed by atoms with Gasteiger partial charge < -0.3 is 75.8 Å². The molecule has 13 rings (SSSR count). The summed E-state index contributed by atoms with van der Waals surface area (Å²) in [6.45, 7) is 0. The quantitative estimate of drug-likeness (QED) is 0.0465. The fraction of sp³-hybridized carbons (Fsp3) is 0. The number of nitrogens with two attached hydrogens (primary N) is 8. The first-order chi connectivity index (χ1) is 32.6. The van der Waals surface area contributed by atoms with Crippen molar-refractivity contribution in [2.45, 2.75) is 0 Å². The minimum absolute atomic E-state index is 0. The van der Waals surface area contributed by atoms with Gasteiger partial charge in [0.2, 0.25) is 21.7 Å². The summed E-state index contributed by atoms with van der Waals surface area (Å²) in [6, 6.07) is 22.7. The van der Waals surface area contributed by atoms with Crippen LogP contribution >= 0.6 is 0 Å². The smallest absolute Gasteiger partial charge is 0.397 e. The van der Waals surface area contributed by atoms with Crippen LogP contribution in [0.4, 0.5) is 45.5 Å². The van der Waals surface area contributed by atoms with Crippen LogP contribution in [-0.4, -0.2) is 29.9 Å². The summed E-state index contributed by atoms with van der Waals surface area (Å²) in [4.78, 5) is 87.1. The summed E-state index contributed by atoms with van der Waals surface area (Å²) in [5.41, 5.74) is 54.5. The number of fused-ring (bicyclic) bond motifs is 20. The molecule has 1 radical (unpaired) electrons. The van der Waals surface area contributed by atoms with Crippen LogP contribution in [0.15, 0.2) is 104 Å². The molecule has 5 heterocycles. The predicted molar refractivity (Wildman–Crippen MR) is 266 cm³/mol. The SMILES string of the molecule is Nc1cc2c(cc1N)-c1nc-2nc2[n-]c(nc3nc(nc4[n-]c(n1)c1cc(N)c(N)cc41)-c1cc(N)c(N)cc1-3)c1cc(N)c(N)cc21.O=c1c(=O)c2cccc3c2-c2c1cccc2c(=O)c3=O.[Cu+2]. The Kier molecular flexibility index (Phi) is 8.90. The second-order valence-electron chi connectivity index (χ2n) is 16.4. The second-order valence-corrected chi connectivity index (χ2v) is 16.4. The summed E-state index contributed by atoms with van der Waals surface area (Å²) < 4.78 is 0. The van der Waals surface area contributed by atoms with Gasteiger partial charge in [-0.25, -0.2) is 9.97 Å². The maximum Gasteiger partial charge on any atom is 2.00 e. The standard InChI is InChI=1S/C32H24N16.C16H6O4.Cu/c33-17-1-9-10(2-18(17)34)26-41-25(9)45-27-11-3-19(35)20(36)4-12(11)29(42-27)47-31-15-7-23(39)24(40)8-16(15)32(44-31)48-30-14-6-22(38)21(37)5-13(14)28(43-30)46-26;17-13-7-3-1-4-8-11(7)12-9(15(13)19)5-2-6-10(12)16(20)14(8)18;/h1-8H,33-40H2;1-6H;/q-2;;+2. The van der Waals surface area contributed by atoms with Gasteiger partial charge in [-0.05, 0) is 70.1 Å². The van der Waals surface area contributed by atoms with Gasteiger partial charge in [0.05, 0.1) is 68.8 Å². The number of benzene rings is 8. The molecule has 4 aliphatic rings. The summed E-state index contributed by atoms with van der Waals surface area (Å²) in [6.07, 6.45) is 0. The molecule has 0 fully saturated rings. The number of anilines is 8. The van der Waals surface area contributed by atoms with Crippen LogP contribution in [0, 0.1) is 0 Å². The Hall–Kier alpha value is -9.72. The van der Waals surface area contributed by atoms with Crippen molar-refractivity contribution in [3.05, 3.63) is 126 Å². The molecule has 16 N–H and O–H groups in total. The Labute approximate surface area is 394 Å². The zero-order chi connectivity index (χ0) is 47.2. The van der Waals surface area contributed by atoms with E-state index in [1.807, 2.05) is 0 Å². The van der Waals surface area contributed by atoms with Gasteiger partial charge in [0.1, 0.15) is 0 Å². The van der Waals surface area contributed by atoms with E-state index < -0.39 is 21.7 Å². The van der Waals surface area contributed by atoms with Crippen LogP contribution < -0.4 is 77.6 Å². The number of aromatic nitrogens is 8. The molecule has 69 heavy (non-hydrogen) atoms. The number of nitrogens with zero attached hydrogens (tertiary/aromatic N) is 8. The average Bonchev–Trinajstić information content (AvgIpc) is 4.02. The molecule has 9 aromatic rings. The molecular weight excluding hydrogens is 928 g/mol. The van der Waals surface area contributed by atoms with E-state index in [0.717, 1.165) is 0 Å². The minimum Gasteiger partial charge on any atom is -0.397 e. The third-order valence-electron chi connectivity index (χ3n) is 12.3. The van der Waals surface area contributed by atoms with Crippen LogP contribution in [0.3, 0.4) is 0 Å². The molecular formula is C48H30CuN16O4. The van der Waals surface area contributed by atoms with E-state index in [0.29, 0.717) is 100 Å². The zero-order valence-electron chi connectivity index (χ0n) is 35.2. The third-order valence-corrected chi connectivity index (χ3v) is 12.3. The van der Waals surface area contributed by atoms with Crippen LogP contribution in [-0.2, 0) is 17.1 Å². The molecule has 20 nitrogen and oxygen atoms in total. The molecule has 2 aliphatic carbocycles. The van der Waals surface area contributed by atoms with Crippen LogP contribution in [0.5, 0.6) is 0 Å². The number of hydrogen-bond donors (Lipinski definition) is 8. The van der Waals surface area contributed by atoms with Crippen molar-refractivity contribution in [2.75, 3.05) is 45.9 Å². The number of nitrogen functional groups attached to an aromatic ring is 8. The van der Waals surface area contributed by atoms with Crippen molar-refractivity contribution in [1.29, 1.82) is 0 Å². The van der Waals surface area contributed by atoms with Crippen molar-refractivity contribution in [3.8, 4) is 56.7 Å². The van der Waals surface area contributed by atoms with Crippen LogP contribution in [0.25, 0.3) is 122 Å². The maximum atomic E-state index is 12.1. The van der Waals surface area contributed by atoms with Gasteiger partial charge in [0.15, 0.2) is 0 Å². The van der Waals surface area contributed by atoms with E-state index in [2.05, 4.69) is 0 Å². The molecule has 0 spiro atoms. The summed E-state index contributed by atoms with van der Waals surface area (Å²) >= 11 is 0. The van der Waals surface area contributed by atoms with Gasteiger partial charge in [-0.2, -0.15) is 0 Å². The van der Waals surface area contributed by atoms with Gasteiger partial charge in [-0.15, -0.1) is 0 Å². The Balaban J connectivity index is 0.000000206. The molecule has 0 unspecified atom stereocenters. The van der Waals surface area contributed by atoms with Gasteiger partial charge >= 0.3 is 17.1 Å². The molecule has 3 aromatic heterocycles. The van der Waals surface area contributed by atoms with E-state index >= 15 is 0 Å². The molecule has 8 bridgehead atoms. The third kappa shape index (κ3) is 6.08. The predicted octanol–water partition coefficient (Wildman–Crippen LogP) is 3.63. The maximum absolute atomic E-state index is 12.1. The molecule has 2 aliphatic heterocycles. The average molecular weight is 958 g/mol. The molecule has 337 valence electrons. The largest absolute Gasteiger partial charge is 2.00 e. The molecule has 0 amide bonds. The Morgan fingerprint density at radius 3 is 0.754 bits per heavy atom. The summed E-state index contributed by atoms with van der Waals surface area (Å²) in [5, 5.41) is 3.17. The fourth-order valence-corrected chi connectivity index (χ4v) is 8.87. The zero-order valence-corrected chi connectivity index (χ0v) is 36.2. The van der Waals surface area contributed by atoms with E-state index in [1.54, 1.807) is 48.5 Å². The van der Waals surface area contributed by atoms with E-state index in [-0.39, 0.29) is 84.5 Å². The number of hydrogen-bond acceptors (Lipinski definition) is 18. The van der Waals surface area contributed by atoms with Crippen LogP contribution in [0.1, 0.15) is 0 Å². The Morgan fingerprint density at radius 1 is 0.304 bits per heavy atom. The van der Waals surface area contributed by atoms with Gasteiger partial charge in [0, 0.05) is 77.5 Å². The molecule has 0 saturated carbocycles. The van der Waals surface area contributed by atoms with E-state index in [4.69, 9.17) is 85.7 Å². The Morgan fingerprint density at radius 2 is 0.522 bits per heavy atom. The first-order valence-electron chi connectivity index (χ1n) is 20.6.